The van der Waals surface area contributed by atoms with Crippen LogP contribution in [0.5, 0.6) is 0 Å². The van der Waals surface area contributed by atoms with Gasteiger partial charge in [-0.25, -0.2) is 12.8 Å². The number of rotatable bonds is 5. The van der Waals surface area contributed by atoms with E-state index in [2.05, 4.69) is 5.32 Å². The molecule has 0 unspecified atom stereocenters. The van der Waals surface area contributed by atoms with Crippen molar-refractivity contribution >= 4 is 38.8 Å². The highest BCUT2D eigenvalue weighted by atomic mass is 32.2. The number of hydrogen-bond donors (Lipinski definition) is 1. The number of sulfone groups is 1. The lowest BCUT2D eigenvalue weighted by molar-refractivity contribution is -0.111. The summed E-state index contributed by atoms with van der Waals surface area (Å²) >= 11 is 1.46. The number of nitrogens with one attached hydrogen (secondary N) is 1. The number of benzene rings is 2. The Morgan fingerprint density at radius 2 is 1.74 bits per heavy atom. The highest BCUT2D eigenvalue weighted by Crippen LogP contribution is 2.29. The molecule has 27 heavy (non-hydrogen) atoms. The van der Waals surface area contributed by atoms with Gasteiger partial charge in [-0.05, 0) is 48.0 Å². The minimum Gasteiger partial charge on any atom is -0.321 e. The summed E-state index contributed by atoms with van der Waals surface area (Å²) < 4.78 is 36.6. The molecule has 1 N–H and O–H groups in total. The number of anilines is 1. The van der Waals surface area contributed by atoms with E-state index in [4.69, 9.17) is 0 Å². The number of carbonyl (C=O) groups is 1. The molecular formula is C20H16FNO3S2. The Balaban J connectivity index is 1.72. The van der Waals surface area contributed by atoms with E-state index in [1.807, 2.05) is 12.1 Å². The average molecular weight is 401 g/mol. The third-order valence-electron chi connectivity index (χ3n) is 3.70. The van der Waals surface area contributed by atoms with Crippen molar-refractivity contribution < 1.29 is 17.6 Å². The fourth-order valence-electron chi connectivity index (χ4n) is 2.44. The van der Waals surface area contributed by atoms with Crippen LogP contribution in [0.2, 0.25) is 0 Å². The summed E-state index contributed by atoms with van der Waals surface area (Å²) in [5.74, 6) is -0.718. The first kappa shape index (κ1) is 19.0. The van der Waals surface area contributed by atoms with Gasteiger partial charge in [-0.15, -0.1) is 11.3 Å². The first-order valence-corrected chi connectivity index (χ1v) is 10.7. The van der Waals surface area contributed by atoms with Crippen LogP contribution in [-0.2, 0) is 14.6 Å². The molecule has 0 radical (unpaired) electrons. The van der Waals surface area contributed by atoms with Gasteiger partial charge in [0.05, 0.1) is 10.6 Å². The topological polar surface area (TPSA) is 63.2 Å². The van der Waals surface area contributed by atoms with Gasteiger partial charge in [0.25, 0.3) is 0 Å². The number of thiophene rings is 1. The number of halogens is 1. The van der Waals surface area contributed by atoms with Crippen LogP contribution in [0.4, 0.5) is 10.1 Å². The summed E-state index contributed by atoms with van der Waals surface area (Å²) in [6.07, 6.45) is 4.09. The van der Waals surface area contributed by atoms with Gasteiger partial charge in [-0.1, -0.05) is 24.3 Å². The van der Waals surface area contributed by atoms with Gasteiger partial charge in [0.2, 0.25) is 5.91 Å². The van der Waals surface area contributed by atoms with Gasteiger partial charge in [0.15, 0.2) is 9.84 Å². The second-order valence-corrected chi connectivity index (χ2v) is 8.90. The second kappa shape index (κ2) is 7.85. The number of carbonyl (C=O) groups excluding carboxylic acids is 1. The maximum atomic E-state index is 13.0. The Morgan fingerprint density at radius 3 is 2.44 bits per heavy atom. The van der Waals surface area contributed by atoms with Crippen LogP contribution < -0.4 is 5.32 Å². The summed E-state index contributed by atoms with van der Waals surface area (Å²) in [7, 11) is -3.44. The van der Waals surface area contributed by atoms with Gasteiger partial charge in [-0.3, -0.25) is 4.79 Å². The van der Waals surface area contributed by atoms with Crippen molar-refractivity contribution in [2.24, 2.45) is 0 Å². The van der Waals surface area contributed by atoms with Crippen LogP contribution in [0.25, 0.3) is 16.5 Å². The highest BCUT2D eigenvalue weighted by molar-refractivity contribution is 7.90. The minimum atomic E-state index is -3.44. The molecule has 0 aliphatic heterocycles. The lowest BCUT2D eigenvalue weighted by atomic mass is 10.2. The molecule has 138 valence electrons. The normalized spacial score (nSPS) is 11.6. The molecule has 0 fully saturated rings. The average Bonchev–Trinajstić information content (AvgIpc) is 3.09. The molecule has 4 nitrogen and oxygen atoms in total. The van der Waals surface area contributed by atoms with E-state index in [1.165, 1.54) is 35.6 Å². The van der Waals surface area contributed by atoms with Crippen molar-refractivity contribution in [2.45, 2.75) is 4.90 Å². The molecule has 3 aromatic rings. The molecule has 0 atom stereocenters. The molecule has 1 heterocycles. The highest BCUT2D eigenvalue weighted by Gasteiger charge is 2.13. The van der Waals surface area contributed by atoms with Crippen molar-refractivity contribution in [3.8, 4) is 10.4 Å². The van der Waals surface area contributed by atoms with E-state index in [9.17, 15) is 17.6 Å². The molecule has 1 aromatic heterocycles. The zero-order valence-corrected chi connectivity index (χ0v) is 16.0. The SMILES string of the molecule is CS(=O)(=O)c1ccccc1NC(=O)/C=C/c1ccc(-c2ccc(F)cc2)s1. The van der Waals surface area contributed by atoms with Crippen molar-refractivity contribution in [2.75, 3.05) is 11.6 Å². The van der Waals surface area contributed by atoms with Gasteiger partial charge in [-0.2, -0.15) is 0 Å². The maximum absolute atomic E-state index is 13.0. The van der Waals surface area contributed by atoms with Gasteiger partial charge < -0.3 is 5.32 Å². The summed E-state index contributed by atoms with van der Waals surface area (Å²) in [6, 6.07) is 16.2. The number of amides is 1. The van der Waals surface area contributed by atoms with Crippen molar-refractivity contribution in [1.82, 2.24) is 0 Å². The first-order chi connectivity index (χ1) is 12.8. The first-order valence-electron chi connectivity index (χ1n) is 7.97. The summed E-state index contributed by atoms with van der Waals surface area (Å²) in [4.78, 5) is 14.0. The molecule has 7 heteroatoms. The van der Waals surface area contributed by atoms with Crippen LogP contribution in [0.15, 0.2) is 71.6 Å². The molecule has 2 aromatic carbocycles. The van der Waals surface area contributed by atoms with Crippen LogP contribution in [-0.4, -0.2) is 20.6 Å². The Kier molecular flexibility index (Phi) is 5.53. The minimum absolute atomic E-state index is 0.0708. The largest absolute Gasteiger partial charge is 0.321 e. The fraction of sp³-hybridized carbons (Fsp3) is 0.0500. The van der Waals surface area contributed by atoms with Crippen molar-refractivity contribution in [3.63, 3.8) is 0 Å². The Hall–Kier alpha value is -2.77. The van der Waals surface area contributed by atoms with Crippen molar-refractivity contribution in [1.29, 1.82) is 0 Å². The van der Waals surface area contributed by atoms with Gasteiger partial charge in [0, 0.05) is 22.1 Å². The fourth-order valence-corrected chi connectivity index (χ4v) is 4.20. The molecule has 0 spiro atoms. The van der Waals surface area contributed by atoms with Crippen LogP contribution in [0.3, 0.4) is 0 Å². The quantitative estimate of drug-likeness (QED) is 0.635. The van der Waals surface area contributed by atoms with E-state index in [0.29, 0.717) is 0 Å². The van der Waals surface area contributed by atoms with E-state index >= 15 is 0 Å². The lowest BCUT2D eigenvalue weighted by Crippen LogP contribution is -2.11. The zero-order valence-electron chi connectivity index (χ0n) is 14.3. The monoisotopic (exact) mass is 401 g/mol. The molecule has 0 saturated heterocycles. The van der Waals surface area contributed by atoms with Crippen LogP contribution >= 0.6 is 11.3 Å². The molecule has 0 aliphatic rings. The van der Waals surface area contributed by atoms with Gasteiger partial charge in [0.1, 0.15) is 5.82 Å². The Morgan fingerprint density at radius 1 is 1.04 bits per heavy atom. The molecule has 3 rings (SSSR count). The third-order valence-corrected chi connectivity index (χ3v) is 5.95. The second-order valence-electron chi connectivity index (χ2n) is 5.80. The third kappa shape index (κ3) is 4.90. The van der Waals surface area contributed by atoms with Crippen LogP contribution in [0, 0.1) is 5.82 Å². The Labute approximate surface area is 160 Å². The van der Waals surface area contributed by atoms with E-state index < -0.39 is 15.7 Å². The summed E-state index contributed by atoms with van der Waals surface area (Å²) in [5, 5.41) is 2.59. The smallest absolute Gasteiger partial charge is 0.248 e. The molecule has 0 saturated carbocycles. The van der Waals surface area contributed by atoms with Gasteiger partial charge >= 0.3 is 0 Å². The van der Waals surface area contributed by atoms with E-state index in [1.54, 1.807) is 36.4 Å². The number of para-hydroxylation sites is 1. The predicted molar refractivity (Wildman–Crippen MR) is 107 cm³/mol. The molecule has 1 amide bonds. The molecule has 0 bridgehead atoms. The lowest BCUT2D eigenvalue weighted by Gasteiger charge is -2.07. The maximum Gasteiger partial charge on any atom is 0.248 e. The van der Waals surface area contributed by atoms with Crippen LogP contribution in [0.1, 0.15) is 4.88 Å². The summed E-state index contributed by atoms with van der Waals surface area (Å²) in [6.45, 7) is 0. The molecular weight excluding hydrogens is 385 g/mol. The number of hydrogen-bond acceptors (Lipinski definition) is 4. The zero-order chi connectivity index (χ0) is 19.4. The van der Waals surface area contributed by atoms with E-state index in [-0.39, 0.29) is 16.4 Å². The standard InChI is InChI=1S/C20H16FNO3S2/c1-27(24,25)19-5-3-2-4-17(19)22-20(23)13-11-16-10-12-18(26-16)14-6-8-15(21)9-7-14/h2-13H,1H3,(H,22,23)/b13-11+. The molecule has 0 aliphatic carbocycles. The Bertz CT molecular complexity index is 1100. The predicted octanol–water partition coefficient (Wildman–Crippen LogP) is 4.61. The van der Waals surface area contributed by atoms with Crippen molar-refractivity contribution in [3.05, 3.63) is 77.4 Å². The summed E-state index contributed by atoms with van der Waals surface area (Å²) in [5.41, 5.74) is 1.14. The van der Waals surface area contributed by atoms with E-state index in [0.717, 1.165) is 21.6 Å².